The van der Waals surface area contributed by atoms with E-state index in [1.54, 1.807) is 6.07 Å². The largest absolute Gasteiger partial charge is 0.506 e. The predicted molar refractivity (Wildman–Crippen MR) is 101 cm³/mol. The quantitative estimate of drug-likeness (QED) is 0.654. The maximum atomic E-state index is 9.66. The zero-order valence-corrected chi connectivity index (χ0v) is 15.1. The Balaban J connectivity index is 1.56. The van der Waals surface area contributed by atoms with Gasteiger partial charge in [-0.15, -0.1) is 22.7 Å². The summed E-state index contributed by atoms with van der Waals surface area (Å²) in [6.07, 6.45) is 2.49. The summed E-state index contributed by atoms with van der Waals surface area (Å²) in [6, 6.07) is 1.69. The van der Waals surface area contributed by atoms with E-state index in [0.717, 1.165) is 58.3 Å². The number of aryl methyl sites for hydroxylation is 1. The highest BCUT2D eigenvalue weighted by Crippen LogP contribution is 2.32. The molecule has 0 spiro atoms. The van der Waals surface area contributed by atoms with Crippen molar-refractivity contribution in [2.75, 3.05) is 18.4 Å². The van der Waals surface area contributed by atoms with Crippen LogP contribution < -0.4 is 10.6 Å². The molecule has 0 aliphatic carbocycles. The normalized spacial score (nSPS) is 14.0. The summed E-state index contributed by atoms with van der Waals surface area (Å²) in [4.78, 5) is 17.8. The molecule has 1 aliphatic heterocycles. The fraction of sp³-hybridized carbons (Fsp3) is 0.250. The molecule has 4 heterocycles. The molecule has 9 heteroatoms. The number of nitrogens with one attached hydrogen (secondary N) is 2. The molecular weight excluding hydrogens is 356 g/mol. The van der Waals surface area contributed by atoms with Crippen molar-refractivity contribution >= 4 is 33.8 Å². The lowest BCUT2D eigenvalue weighted by atomic mass is 10.2. The number of nitrogens with zero attached hydrogens (tertiary/aromatic N) is 4. The van der Waals surface area contributed by atoms with Gasteiger partial charge in [0.05, 0.1) is 6.20 Å². The van der Waals surface area contributed by atoms with Gasteiger partial charge in [-0.2, -0.15) is 0 Å². The van der Waals surface area contributed by atoms with E-state index < -0.39 is 0 Å². The van der Waals surface area contributed by atoms with Crippen molar-refractivity contribution in [2.45, 2.75) is 13.3 Å². The third-order valence-corrected chi connectivity index (χ3v) is 5.33. The fourth-order valence-electron chi connectivity index (χ4n) is 2.42. The second-order valence-corrected chi connectivity index (χ2v) is 7.25. The molecule has 1 aliphatic rings. The third kappa shape index (κ3) is 3.47. The monoisotopic (exact) mass is 372 g/mol. The Morgan fingerprint density at radius 3 is 2.88 bits per heavy atom. The number of guanidine groups is 1. The first kappa shape index (κ1) is 16.0. The number of aliphatic imine (C=N–C) groups is 1. The van der Waals surface area contributed by atoms with Crippen LogP contribution in [0.25, 0.3) is 22.0 Å². The first-order valence-corrected chi connectivity index (χ1v) is 9.58. The van der Waals surface area contributed by atoms with Gasteiger partial charge in [0.2, 0.25) is 0 Å². The summed E-state index contributed by atoms with van der Waals surface area (Å²) in [5.41, 5.74) is 3.30. The van der Waals surface area contributed by atoms with Crippen LogP contribution >= 0.6 is 22.7 Å². The van der Waals surface area contributed by atoms with Crippen LogP contribution in [-0.2, 0) is 0 Å². The molecule has 0 unspecified atom stereocenters. The topological polar surface area (TPSA) is 95.3 Å². The van der Waals surface area contributed by atoms with Crippen LogP contribution in [0.4, 0.5) is 5.13 Å². The van der Waals surface area contributed by atoms with Crippen molar-refractivity contribution < 1.29 is 5.11 Å². The van der Waals surface area contributed by atoms with E-state index in [2.05, 4.69) is 30.6 Å². The third-order valence-electron chi connectivity index (χ3n) is 3.70. The van der Waals surface area contributed by atoms with Crippen LogP contribution in [0.2, 0.25) is 0 Å². The fourth-order valence-corrected chi connectivity index (χ4v) is 4.00. The summed E-state index contributed by atoms with van der Waals surface area (Å²) in [6.45, 7) is 3.66. The van der Waals surface area contributed by atoms with Crippen LogP contribution in [-0.4, -0.2) is 39.1 Å². The van der Waals surface area contributed by atoms with E-state index in [-0.39, 0.29) is 5.75 Å². The Morgan fingerprint density at radius 2 is 2.04 bits per heavy atom. The van der Waals surface area contributed by atoms with Gasteiger partial charge in [0, 0.05) is 35.1 Å². The van der Waals surface area contributed by atoms with Crippen LogP contribution in [0.1, 0.15) is 12.1 Å². The zero-order valence-electron chi connectivity index (χ0n) is 13.5. The molecule has 0 bridgehead atoms. The van der Waals surface area contributed by atoms with E-state index in [9.17, 15) is 5.11 Å². The molecule has 25 heavy (non-hydrogen) atoms. The number of anilines is 1. The summed E-state index contributed by atoms with van der Waals surface area (Å²) in [5, 5.41) is 21.6. The smallest absolute Gasteiger partial charge is 0.197 e. The van der Waals surface area contributed by atoms with Crippen molar-refractivity contribution in [3.05, 3.63) is 28.7 Å². The number of hydrogen-bond donors (Lipinski definition) is 3. The molecule has 0 saturated carbocycles. The Morgan fingerprint density at radius 1 is 1.20 bits per heavy atom. The van der Waals surface area contributed by atoms with Crippen molar-refractivity contribution in [3.63, 3.8) is 0 Å². The zero-order chi connectivity index (χ0) is 17.2. The summed E-state index contributed by atoms with van der Waals surface area (Å²) < 4.78 is 0. The SMILES string of the molecule is Cc1ncc(O)cc1-c1nc(-c2csc(NC3=NCCCN3)n2)cs1. The summed E-state index contributed by atoms with van der Waals surface area (Å²) in [5.74, 6) is 0.908. The maximum Gasteiger partial charge on any atom is 0.197 e. The molecule has 0 amide bonds. The first-order chi connectivity index (χ1) is 12.2. The lowest BCUT2D eigenvalue weighted by Gasteiger charge is -2.13. The molecule has 0 saturated heterocycles. The molecular formula is C16H16N6OS2. The molecule has 0 fully saturated rings. The first-order valence-electron chi connectivity index (χ1n) is 7.82. The van der Waals surface area contributed by atoms with E-state index >= 15 is 0 Å². The molecule has 128 valence electrons. The van der Waals surface area contributed by atoms with Gasteiger partial charge >= 0.3 is 0 Å². The van der Waals surface area contributed by atoms with Gasteiger partial charge in [-0.3, -0.25) is 9.98 Å². The minimum atomic E-state index is 0.137. The summed E-state index contributed by atoms with van der Waals surface area (Å²) >= 11 is 3.03. The van der Waals surface area contributed by atoms with Gasteiger partial charge in [0.15, 0.2) is 11.1 Å². The summed E-state index contributed by atoms with van der Waals surface area (Å²) in [7, 11) is 0. The molecule has 0 radical (unpaired) electrons. The Hall–Kier alpha value is -2.52. The molecule has 7 nitrogen and oxygen atoms in total. The second-order valence-electron chi connectivity index (χ2n) is 5.54. The Labute approximate surface area is 152 Å². The molecule has 0 atom stereocenters. The highest BCUT2D eigenvalue weighted by atomic mass is 32.1. The minimum absolute atomic E-state index is 0.137. The average Bonchev–Trinajstić information content (AvgIpc) is 3.27. The van der Waals surface area contributed by atoms with Gasteiger partial charge in [-0.25, -0.2) is 9.97 Å². The Kier molecular flexibility index (Phi) is 4.33. The standard InChI is InChI=1S/C16H16N6OS2/c1-9-11(5-10(23)6-19-9)14-20-12(7-24-14)13-8-25-16(21-13)22-15-17-3-2-4-18-15/h5-8,23H,2-4H2,1H3,(H2,17,18,21,22). The van der Waals surface area contributed by atoms with Crippen LogP contribution in [0.3, 0.4) is 0 Å². The minimum Gasteiger partial charge on any atom is -0.506 e. The van der Waals surface area contributed by atoms with Crippen molar-refractivity contribution in [1.29, 1.82) is 0 Å². The maximum absolute atomic E-state index is 9.66. The van der Waals surface area contributed by atoms with E-state index in [0.29, 0.717) is 0 Å². The van der Waals surface area contributed by atoms with Crippen LogP contribution in [0, 0.1) is 6.92 Å². The number of rotatable bonds is 3. The predicted octanol–water partition coefficient (Wildman–Crippen LogP) is 3.10. The van der Waals surface area contributed by atoms with Crippen LogP contribution in [0.15, 0.2) is 28.0 Å². The number of aromatic hydroxyl groups is 1. The van der Waals surface area contributed by atoms with Gasteiger partial charge in [-0.1, -0.05) is 0 Å². The lowest BCUT2D eigenvalue weighted by molar-refractivity contribution is 0.472. The highest BCUT2D eigenvalue weighted by Gasteiger charge is 2.14. The van der Waals surface area contributed by atoms with Crippen molar-refractivity contribution in [1.82, 2.24) is 20.3 Å². The number of thiazole rings is 2. The van der Waals surface area contributed by atoms with Gasteiger partial charge < -0.3 is 15.7 Å². The van der Waals surface area contributed by atoms with Gasteiger partial charge in [-0.05, 0) is 19.4 Å². The molecule has 3 aromatic heterocycles. The second kappa shape index (κ2) is 6.77. The van der Waals surface area contributed by atoms with Gasteiger partial charge in [0.25, 0.3) is 0 Å². The number of aromatic nitrogens is 3. The molecule has 3 aromatic rings. The Bertz CT molecular complexity index is 932. The highest BCUT2D eigenvalue weighted by molar-refractivity contribution is 7.14. The van der Waals surface area contributed by atoms with Crippen molar-refractivity contribution in [3.8, 4) is 27.7 Å². The van der Waals surface area contributed by atoms with Crippen LogP contribution in [0.5, 0.6) is 5.75 Å². The molecule has 3 N–H and O–H groups in total. The number of hydrogen-bond acceptors (Lipinski definition) is 9. The average molecular weight is 372 g/mol. The van der Waals surface area contributed by atoms with E-state index in [1.165, 1.54) is 28.9 Å². The molecule has 0 aromatic carbocycles. The lowest BCUT2D eigenvalue weighted by Crippen LogP contribution is -2.35. The van der Waals surface area contributed by atoms with E-state index in [1.807, 2.05) is 17.7 Å². The van der Waals surface area contributed by atoms with Crippen molar-refractivity contribution in [2.24, 2.45) is 4.99 Å². The van der Waals surface area contributed by atoms with Gasteiger partial charge in [0.1, 0.15) is 22.1 Å². The van der Waals surface area contributed by atoms with E-state index in [4.69, 9.17) is 0 Å². The number of pyridine rings is 1. The molecule has 4 rings (SSSR count).